The third-order valence-corrected chi connectivity index (χ3v) is 4.39. The van der Waals surface area contributed by atoms with Crippen LogP contribution in [-0.4, -0.2) is 54.2 Å². The summed E-state index contributed by atoms with van der Waals surface area (Å²) in [5.41, 5.74) is 5.73. The molecule has 6 heteroatoms. The van der Waals surface area contributed by atoms with E-state index < -0.39 is 0 Å². The molecule has 110 valence electrons. The molecule has 0 aromatic carbocycles. The minimum Gasteiger partial charge on any atom is -0.481 e. The van der Waals surface area contributed by atoms with E-state index in [1.165, 1.54) is 25.7 Å². The average Bonchev–Trinajstić information content (AvgIpc) is 3.01. The SMILES string of the molecule is COc1cc(N2CCN(C3CCCC3)CC2)nc(N)n1. The van der Waals surface area contributed by atoms with Crippen molar-refractivity contribution in [3.63, 3.8) is 0 Å². The first-order valence-electron chi connectivity index (χ1n) is 7.44. The fourth-order valence-electron chi connectivity index (χ4n) is 3.28. The maximum atomic E-state index is 5.73. The summed E-state index contributed by atoms with van der Waals surface area (Å²) in [4.78, 5) is 13.3. The largest absolute Gasteiger partial charge is 0.481 e. The fraction of sp³-hybridized carbons (Fsp3) is 0.714. The summed E-state index contributed by atoms with van der Waals surface area (Å²) in [5, 5.41) is 0. The smallest absolute Gasteiger partial charge is 0.225 e. The lowest BCUT2D eigenvalue weighted by Crippen LogP contribution is -2.50. The normalized spacial score (nSPS) is 21.4. The second-order valence-electron chi connectivity index (χ2n) is 5.59. The standard InChI is InChI=1S/C14H23N5O/c1-20-13-10-12(16-14(15)17-13)19-8-6-18(7-9-19)11-4-2-3-5-11/h10-11H,2-9H2,1H3,(H2,15,16,17). The van der Waals surface area contributed by atoms with Gasteiger partial charge in [-0.1, -0.05) is 12.8 Å². The molecule has 2 N–H and O–H groups in total. The number of hydrogen-bond donors (Lipinski definition) is 1. The van der Waals surface area contributed by atoms with Crippen LogP contribution in [0.1, 0.15) is 25.7 Å². The molecule has 1 aliphatic carbocycles. The summed E-state index contributed by atoms with van der Waals surface area (Å²) >= 11 is 0. The molecular formula is C14H23N5O. The molecule has 0 radical (unpaired) electrons. The van der Waals surface area contributed by atoms with Crippen LogP contribution in [0.15, 0.2) is 6.07 Å². The Bertz CT molecular complexity index is 453. The minimum absolute atomic E-state index is 0.276. The summed E-state index contributed by atoms with van der Waals surface area (Å²) < 4.78 is 5.16. The molecule has 0 spiro atoms. The third kappa shape index (κ3) is 2.80. The quantitative estimate of drug-likeness (QED) is 0.893. The van der Waals surface area contributed by atoms with E-state index in [0.717, 1.165) is 38.0 Å². The zero-order valence-electron chi connectivity index (χ0n) is 12.1. The Kier molecular flexibility index (Phi) is 3.91. The third-order valence-electron chi connectivity index (χ3n) is 4.39. The Morgan fingerprint density at radius 2 is 1.85 bits per heavy atom. The lowest BCUT2D eigenvalue weighted by Gasteiger charge is -2.38. The molecule has 2 heterocycles. The molecule has 2 aliphatic rings. The molecule has 1 aliphatic heterocycles. The first-order valence-corrected chi connectivity index (χ1v) is 7.44. The number of nitrogens with zero attached hydrogens (tertiary/aromatic N) is 4. The van der Waals surface area contributed by atoms with Gasteiger partial charge in [0.05, 0.1) is 7.11 Å². The van der Waals surface area contributed by atoms with Crippen LogP contribution in [0.4, 0.5) is 11.8 Å². The predicted octanol–water partition coefficient (Wildman–Crippen LogP) is 1.13. The van der Waals surface area contributed by atoms with Crippen LogP contribution in [0.5, 0.6) is 5.88 Å². The van der Waals surface area contributed by atoms with Gasteiger partial charge in [0.2, 0.25) is 11.8 Å². The van der Waals surface area contributed by atoms with Crippen molar-refractivity contribution in [1.82, 2.24) is 14.9 Å². The number of methoxy groups -OCH3 is 1. The molecule has 3 rings (SSSR count). The highest BCUT2D eigenvalue weighted by atomic mass is 16.5. The monoisotopic (exact) mass is 277 g/mol. The van der Waals surface area contributed by atoms with E-state index in [4.69, 9.17) is 10.5 Å². The van der Waals surface area contributed by atoms with E-state index in [-0.39, 0.29) is 5.95 Å². The summed E-state index contributed by atoms with van der Waals surface area (Å²) in [7, 11) is 1.60. The number of rotatable bonds is 3. The Labute approximate surface area is 119 Å². The number of ether oxygens (including phenoxy) is 1. The van der Waals surface area contributed by atoms with Crippen molar-refractivity contribution < 1.29 is 4.74 Å². The van der Waals surface area contributed by atoms with Crippen LogP contribution in [0.2, 0.25) is 0 Å². The van der Waals surface area contributed by atoms with Crippen molar-refractivity contribution in [3.05, 3.63) is 6.07 Å². The molecule has 1 aromatic heterocycles. The van der Waals surface area contributed by atoms with Crippen molar-refractivity contribution in [1.29, 1.82) is 0 Å². The number of nitrogens with two attached hydrogens (primary N) is 1. The van der Waals surface area contributed by atoms with Gasteiger partial charge in [0.15, 0.2) is 0 Å². The number of hydrogen-bond acceptors (Lipinski definition) is 6. The maximum absolute atomic E-state index is 5.73. The van der Waals surface area contributed by atoms with E-state index in [1.807, 2.05) is 6.07 Å². The first kappa shape index (κ1) is 13.4. The second-order valence-corrected chi connectivity index (χ2v) is 5.59. The maximum Gasteiger partial charge on any atom is 0.225 e. The molecule has 1 saturated carbocycles. The van der Waals surface area contributed by atoms with Crippen LogP contribution < -0.4 is 15.4 Å². The molecule has 2 fully saturated rings. The number of anilines is 2. The van der Waals surface area contributed by atoms with Crippen LogP contribution in [0.25, 0.3) is 0 Å². The van der Waals surface area contributed by atoms with E-state index in [0.29, 0.717) is 5.88 Å². The van der Waals surface area contributed by atoms with Gasteiger partial charge in [-0.25, -0.2) is 0 Å². The van der Waals surface area contributed by atoms with Crippen molar-refractivity contribution in [3.8, 4) is 5.88 Å². The Hall–Kier alpha value is -1.56. The van der Waals surface area contributed by atoms with Crippen LogP contribution in [0.3, 0.4) is 0 Å². The highest BCUT2D eigenvalue weighted by molar-refractivity contribution is 5.45. The van der Waals surface area contributed by atoms with E-state index in [9.17, 15) is 0 Å². The highest BCUT2D eigenvalue weighted by Gasteiger charge is 2.26. The molecule has 6 nitrogen and oxygen atoms in total. The van der Waals surface area contributed by atoms with E-state index in [1.54, 1.807) is 7.11 Å². The molecule has 1 saturated heterocycles. The van der Waals surface area contributed by atoms with Gasteiger partial charge in [-0.05, 0) is 12.8 Å². The lowest BCUT2D eigenvalue weighted by molar-refractivity contribution is 0.187. The number of nitrogen functional groups attached to an aromatic ring is 1. The lowest BCUT2D eigenvalue weighted by atomic mass is 10.2. The van der Waals surface area contributed by atoms with Crippen LogP contribution >= 0.6 is 0 Å². The average molecular weight is 277 g/mol. The van der Waals surface area contributed by atoms with Crippen molar-refractivity contribution in [2.45, 2.75) is 31.7 Å². The second kappa shape index (κ2) is 5.83. The van der Waals surface area contributed by atoms with Gasteiger partial charge in [0, 0.05) is 38.3 Å². The molecule has 0 bridgehead atoms. The van der Waals surface area contributed by atoms with Gasteiger partial charge in [-0.3, -0.25) is 4.90 Å². The number of aromatic nitrogens is 2. The van der Waals surface area contributed by atoms with Crippen LogP contribution in [0, 0.1) is 0 Å². The minimum atomic E-state index is 0.276. The van der Waals surface area contributed by atoms with Gasteiger partial charge >= 0.3 is 0 Å². The van der Waals surface area contributed by atoms with Crippen molar-refractivity contribution in [2.75, 3.05) is 43.9 Å². The molecule has 0 unspecified atom stereocenters. The van der Waals surface area contributed by atoms with Gasteiger partial charge in [-0.15, -0.1) is 0 Å². The molecule has 1 aromatic rings. The van der Waals surface area contributed by atoms with Gasteiger partial charge < -0.3 is 15.4 Å². The Morgan fingerprint density at radius 1 is 1.15 bits per heavy atom. The predicted molar refractivity (Wildman–Crippen MR) is 79.0 cm³/mol. The summed E-state index contributed by atoms with van der Waals surface area (Å²) in [6.07, 6.45) is 5.53. The fourth-order valence-corrected chi connectivity index (χ4v) is 3.28. The van der Waals surface area contributed by atoms with Crippen molar-refractivity contribution >= 4 is 11.8 Å². The van der Waals surface area contributed by atoms with Gasteiger partial charge in [0.1, 0.15) is 5.82 Å². The van der Waals surface area contributed by atoms with E-state index in [2.05, 4.69) is 19.8 Å². The molecule has 0 atom stereocenters. The molecule has 20 heavy (non-hydrogen) atoms. The Balaban J connectivity index is 1.64. The molecular weight excluding hydrogens is 254 g/mol. The number of piperazine rings is 1. The summed E-state index contributed by atoms with van der Waals surface area (Å²) in [5.74, 6) is 1.68. The van der Waals surface area contributed by atoms with Gasteiger partial charge in [-0.2, -0.15) is 9.97 Å². The van der Waals surface area contributed by atoms with Crippen molar-refractivity contribution in [2.24, 2.45) is 0 Å². The zero-order chi connectivity index (χ0) is 13.9. The summed E-state index contributed by atoms with van der Waals surface area (Å²) in [6.45, 7) is 4.21. The summed E-state index contributed by atoms with van der Waals surface area (Å²) in [6, 6.07) is 2.67. The van der Waals surface area contributed by atoms with Crippen LogP contribution in [-0.2, 0) is 0 Å². The zero-order valence-corrected chi connectivity index (χ0v) is 12.1. The molecule has 0 amide bonds. The van der Waals surface area contributed by atoms with E-state index >= 15 is 0 Å². The van der Waals surface area contributed by atoms with Gasteiger partial charge in [0.25, 0.3) is 0 Å². The highest BCUT2D eigenvalue weighted by Crippen LogP contribution is 2.26. The topological polar surface area (TPSA) is 67.5 Å². The Morgan fingerprint density at radius 3 is 2.50 bits per heavy atom. The first-order chi connectivity index (χ1) is 9.76.